The lowest BCUT2D eigenvalue weighted by Gasteiger charge is -2.21. The van der Waals surface area contributed by atoms with Gasteiger partial charge in [-0.25, -0.2) is 4.98 Å². The Kier molecular flexibility index (Phi) is 6.44. The highest BCUT2D eigenvalue weighted by Gasteiger charge is 2.11. The molecule has 1 amide bonds. The van der Waals surface area contributed by atoms with E-state index in [1.165, 1.54) is 0 Å². The Morgan fingerprint density at radius 2 is 1.81 bits per heavy atom. The van der Waals surface area contributed by atoms with Gasteiger partial charge in [-0.05, 0) is 57.0 Å². The normalized spacial score (nSPS) is 11.0. The average molecular weight is 357 g/mol. The SMILES string of the molecule is COc1ccc(CCNC(=O)c2ccc(NC(C)(C)C)cn2)cc1OC. The molecule has 0 aliphatic heterocycles. The molecule has 140 valence electrons. The molecule has 2 N–H and O–H groups in total. The second-order valence-corrected chi connectivity index (χ2v) is 7.00. The number of anilines is 1. The Hall–Kier alpha value is -2.76. The van der Waals surface area contributed by atoms with Gasteiger partial charge in [0.25, 0.3) is 5.91 Å². The highest BCUT2D eigenvalue weighted by molar-refractivity contribution is 5.92. The number of benzene rings is 1. The van der Waals surface area contributed by atoms with E-state index in [0.29, 0.717) is 30.2 Å². The van der Waals surface area contributed by atoms with Crippen LogP contribution in [0, 0.1) is 0 Å². The number of hydrogen-bond donors (Lipinski definition) is 2. The van der Waals surface area contributed by atoms with Crippen LogP contribution in [0.15, 0.2) is 36.5 Å². The minimum absolute atomic E-state index is 0.0507. The van der Waals surface area contributed by atoms with Crippen LogP contribution in [0.4, 0.5) is 5.69 Å². The monoisotopic (exact) mass is 357 g/mol. The first-order valence-corrected chi connectivity index (χ1v) is 8.56. The molecule has 2 rings (SSSR count). The maximum atomic E-state index is 12.2. The van der Waals surface area contributed by atoms with Crippen molar-refractivity contribution in [2.75, 3.05) is 26.1 Å². The summed E-state index contributed by atoms with van der Waals surface area (Å²) in [4.78, 5) is 16.4. The van der Waals surface area contributed by atoms with Crippen molar-refractivity contribution < 1.29 is 14.3 Å². The quantitative estimate of drug-likeness (QED) is 0.796. The van der Waals surface area contributed by atoms with Gasteiger partial charge in [0.15, 0.2) is 11.5 Å². The zero-order valence-corrected chi connectivity index (χ0v) is 16.1. The van der Waals surface area contributed by atoms with Gasteiger partial charge in [0.05, 0.1) is 26.1 Å². The van der Waals surface area contributed by atoms with Crippen LogP contribution in [0.25, 0.3) is 0 Å². The van der Waals surface area contributed by atoms with Crippen molar-refractivity contribution >= 4 is 11.6 Å². The Balaban J connectivity index is 1.89. The number of aromatic nitrogens is 1. The molecular formula is C20H27N3O3. The zero-order chi connectivity index (χ0) is 19.2. The van der Waals surface area contributed by atoms with Crippen molar-refractivity contribution in [2.45, 2.75) is 32.7 Å². The predicted octanol–water partition coefficient (Wildman–Crippen LogP) is 3.28. The summed E-state index contributed by atoms with van der Waals surface area (Å²) in [5.41, 5.74) is 2.29. The molecule has 0 saturated heterocycles. The van der Waals surface area contributed by atoms with Gasteiger partial charge in [-0.2, -0.15) is 0 Å². The summed E-state index contributed by atoms with van der Waals surface area (Å²) in [7, 11) is 3.21. The van der Waals surface area contributed by atoms with E-state index in [0.717, 1.165) is 11.3 Å². The first-order valence-electron chi connectivity index (χ1n) is 8.56. The summed E-state index contributed by atoms with van der Waals surface area (Å²) < 4.78 is 10.5. The fourth-order valence-electron chi connectivity index (χ4n) is 2.48. The van der Waals surface area contributed by atoms with E-state index in [9.17, 15) is 4.79 Å². The molecule has 1 aromatic heterocycles. The zero-order valence-electron chi connectivity index (χ0n) is 16.1. The van der Waals surface area contributed by atoms with Crippen LogP contribution in [0.1, 0.15) is 36.8 Å². The van der Waals surface area contributed by atoms with E-state index in [2.05, 4.69) is 36.4 Å². The summed E-state index contributed by atoms with van der Waals surface area (Å²) in [6.07, 6.45) is 2.37. The van der Waals surface area contributed by atoms with Crippen LogP contribution in [0.3, 0.4) is 0 Å². The number of amides is 1. The van der Waals surface area contributed by atoms with Crippen molar-refractivity contribution in [3.63, 3.8) is 0 Å². The van der Waals surface area contributed by atoms with Gasteiger partial charge in [0.2, 0.25) is 0 Å². The number of nitrogens with zero attached hydrogens (tertiary/aromatic N) is 1. The van der Waals surface area contributed by atoms with Gasteiger partial charge in [0.1, 0.15) is 5.69 Å². The molecule has 2 aromatic rings. The highest BCUT2D eigenvalue weighted by Crippen LogP contribution is 2.27. The lowest BCUT2D eigenvalue weighted by atomic mass is 10.1. The van der Waals surface area contributed by atoms with Crippen LogP contribution in [0.2, 0.25) is 0 Å². The number of hydrogen-bond acceptors (Lipinski definition) is 5. The summed E-state index contributed by atoms with van der Waals surface area (Å²) in [6.45, 7) is 6.73. The third kappa shape index (κ3) is 5.65. The van der Waals surface area contributed by atoms with Gasteiger partial charge in [-0.15, -0.1) is 0 Å². The molecule has 0 saturated carbocycles. The third-order valence-corrected chi connectivity index (χ3v) is 3.66. The largest absolute Gasteiger partial charge is 0.493 e. The molecular weight excluding hydrogens is 330 g/mol. The first kappa shape index (κ1) is 19.6. The standard InChI is InChI=1S/C20H27N3O3/c1-20(2,3)23-15-7-8-16(22-13-15)19(24)21-11-10-14-6-9-17(25-4)18(12-14)26-5/h6-9,12-13,23H,10-11H2,1-5H3,(H,21,24). The van der Waals surface area contributed by atoms with Crippen LogP contribution < -0.4 is 20.1 Å². The van der Waals surface area contributed by atoms with Gasteiger partial charge in [-0.3, -0.25) is 4.79 Å². The fourth-order valence-corrected chi connectivity index (χ4v) is 2.48. The lowest BCUT2D eigenvalue weighted by molar-refractivity contribution is 0.0949. The Morgan fingerprint density at radius 1 is 1.08 bits per heavy atom. The van der Waals surface area contributed by atoms with Crippen molar-refractivity contribution in [1.29, 1.82) is 0 Å². The average Bonchev–Trinajstić information content (AvgIpc) is 2.60. The lowest BCUT2D eigenvalue weighted by Crippen LogP contribution is -2.27. The van der Waals surface area contributed by atoms with Crippen molar-refractivity contribution in [3.05, 3.63) is 47.8 Å². The third-order valence-electron chi connectivity index (χ3n) is 3.66. The summed E-state index contributed by atoms with van der Waals surface area (Å²) in [5, 5.41) is 6.20. The molecule has 0 radical (unpaired) electrons. The number of ether oxygens (including phenoxy) is 2. The molecule has 0 bridgehead atoms. The van der Waals surface area contributed by atoms with Crippen molar-refractivity contribution in [2.24, 2.45) is 0 Å². The maximum absolute atomic E-state index is 12.2. The van der Waals surface area contributed by atoms with Crippen molar-refractivity contribution in [1.82, 2.24) is 10.3 Å². The fraction of sp³-hybridized carbons (Fsp3) is 0.400. The number of rotatable bonds is 7. The topological polar surface area (TPSA) is 72.5 Å². The minimum Gasteiger partial charge on any atom is -0.493 e. The molecule has 26 heavy (non-hydrogen) atoms. The number of methoxy groups -OCH3 is 2. The van der Waals surface area contributed by atoms with E-state index in [4.69, 9.17) is 9.47 Å². The van der Waals surface area contributed by atoms with Crippen LogP contribution in [-0.2, 0) is 6.42 Å². The number of nitrogens with one attached hydrogen (secondary N) is 2. The molecule has 0 atom stereocenters. The molecule has 0 fully saturated rings. The van der Waals surface area contributed by atoms with Crippen LogP contribution >= 0.6 is 0 Å². The molecule has 6 heteroatoms. The second kappa shape index (κ2) is 8.56. The predicted molar refractivity (Wildman–Crippen MR) is 103 cm³/mol. The smallest absolute Gasteiger partial charge is 0.269 e. The molecule has 0 aliphatic rings. The minimum atomic E-state index is -0.187. The van der Waals surface area contributed by atoms with Gasteiger partial charge < -0.3 is 20.1 Å². The van der Waals surface area contributed by atoms with E-state index in [-0.39, 0.29) is 11.4 Å². The molecule has 0 unspecified atom stereocenters. The first-order chi connectivity index (χ1) is 12.3. The Labute approximate surface area is 154 Å². The van der Waals surface area contributed by atoms with E-state index >= 15 is 0 Å². The summed E-state index contributed by atoms with van der Waals surface area (Å²) in [5.74, 6) is 1.18. The number of pyridine rings is 1. The van der Waals surface area contributed by atoms with Gasteiger partial charge >= 0.3 is 0 Å². The Morgan fingerprint density at radius 3 is 2.38 bits per heavy atom. The maximum Gasteiger partial charge on any atom is 0.269 e. The van der Waals surface area contributed by atoms with E-state index < -0.39 is 0 Å². The van der Waals surface area contributed by atoms with Gasteiger partial charge in [-0.1, -0.05) is 6.07 Å². The molecule has 6 nitrogen and oxygen atoms in total. The number of carbonyl (C=O) groups excluding carboxylic acids is 1. The highest BCUT2D eigenvalue weighted by atomic mass is 16.5. The van der Waals surface area contributed by atoms with Crippen molar-refractivity contribution in [3.8, 4) is 11.5 Å². The molecule has 0 spiro atoms. The van der Waals surface area contributed by atoms with Crippen LogP contribution in [-0.4, -0.2) is 37.2 Å². The molecule has 1 aromatic carbocycles. The molecule has 0 aliphatic carbocycles. The van der Waals surface area contributed by atoms with E-state index in [1.54, 1.807) is 26.5 Å². The van der Waals surface area contributed by atoms with E-state index in [1.807, 2.05) is 24.3 Å². The summed E-state index contributed by atoms with van der Waals surface area (Å²) >= 11 is 0. The van der Waals surface area contributed by atoms with Gasteiger partial charge in [0, 0.05) is 12.1 Å². The Bertz CT molecular complexity index is 737. The number of carbonyl (C=O) groups is 1. The van der Waals surface area contributed by atoms with Crippen LogP contribution in [0.5, 0.6) is 11.5 Å². The summed E-state index contributed by atoms with van der Waals surface area (Å²) in [6, 6.07) is 9.31. The second-order valence-electron chi connectivity index (χ2n) is 7.00. The molecule has 1 heterocycles.